The fourth-order valence-corrected chi connectivity index (χ4v) is 6.24. The number of anilines is 2. The van der Waals surface area contributed by atoms with Gasteiger partial charge in [-0.3, -0.25) is 14.3 Å². The molecule has 3 N–H and O–H groups in total. The molecule has 0 aromatic heterocycles. The summed E-state index contributed by atoms with van der Waals surface area (Å²) in [5.41, 5.74) is 2.50. The molecule has 1 aliphatic heterocycles. The van der Waals surface area contributed by atoms with E-state index in [1.807, 2.05) is 0 Å². The number of fused-ring (bicyclic) bond motifs is 2. The van der Waals surface area contributed by atoms with Crippen LogP contribution in [0.5, 0.6) is 0 Å². The van der Waals surface area contributed by atoms with Crippen molar-refractivity contribution in [2.45, 2.75) is 23.8 Å². The van der Waals surface area contributed by atoms with Crippen LogP contribution in [-0.4, -0.2) is 47.6 Å². The van der Waals surface area contributed by atoms with Crippen LogP contribution in [0.2, 0.25) is 0 Å². The minimum atomic E-state index is -4.40. The Morgan fingerprint density at radius 1 is 1.22 bits per heavy atom. The van der Waals surface area contributed by atoms with Gasteiger partial charge in [-0.2, -0.15) is 13.9 Å². The van der Waals surface area contributed by atoms with Crippen LogP contribution in [0.25, 0.3) is 0 Å². The lowest BCUT2D eigenvalue weighted by Crippen LogP contribution is -2.59. The molecule has 2 aromatic carbocycles. The lowest BCUT2D eigenvalue weighted by atomic mass is 9.67. The first-order chi connectivity index (χ1) is 16.8. The highest BCUT2D eigenvalue weighted by molar-refractivity contribution is 7.92. The molecule has 13 heteroatoms. The summed E-state index contributed by atoms with van der Waals surface area (Å²) < 4.78 is 55.2. The van der Waals surface area contributed by atoms with Crippen molar-refractivity contribution in [3.63, 3.8) is 0 Å². The van der Waals surface area contributed by atoms with Crippen molar-refractivity contribution in [1.29, 1.82) is 0 Å². The Labute approximate surface area is 208 Å². The zero-order valence-electron chi connectivity index (χ0n) is 19.7. The van der Waals surface area contributed by atoms with Crippen LogP contribution >= 0.6 is 0 Å². The Morgan fingerprint density at radius 2 is 1.92 bits per heavy atom. The van der Waals surface area contributed by atoms with E-state index >= 15 is 0 Å². The Kier molecular flexibility index (Phi) is 6.37. The lowest BCUT2D eigenvalue weighted by molar-refractivity contribution is -0.134. The summed E-state index contributed by atoms with van der Waals surface area (Å²) in [5.74, 6) is -3.22. The molecule has 0 amide bonds. The zero-order chi connectivity index (χ0) is 26.5. The molecular weight excluding hydrogens is 508 g/mol. The maximum atomic E-state index is 14.0. The fourth-order valence-electron chi connectivity index (χ4n) is 4.50. The molecule has 2 unspecified atom stereocenters. The number of Topliss-reactive ketones (excluding diaryl/α,β-unsaturated/α-hetero) is 2. The Bertz CT molecular complexity index is 1550. The fraction of sp³-hybridized carbons (Fsp3) is 0.261. The highest BCUT2D eigenvalue weighted by Gasteiger charge is 2.54. The van der Waals surface area contributed by atoms with Crippen LogP contribution in [0.3, 0.4) is 0 Å². The third-order valence-corrected chi connectivity index (χ3v) is 7.70. The van der Waals surface area contributed by atoms with Crippen molar-refractivity contribution < 1.29 is 31.3 Å². The average Bonchev–Trinajstić information content (AvgIpc) is 2.77. The summed E-state index contributed by atoms with van der Waals surface area (Å²) in [4.78, 5) is 32.4. The molecule has 190 valence electrons. The average molecular weight is 533 g/mol. The van der Waals surface area contributed by atoms with Gasteiger partial charge in [0.15, 0.2) is 11.6 Å². The predicted molar refractivity (Wildman–Crippen MR) is 134 cm³/mol. The van der Waals surface area contributed by atoms with Crippen molar-refractivity contribution in [1.82, 2.24) is 5.48 Å². The van der Waals surface area contributed by atoms with Gasteiger partial charge < -0.3 is 10.2 Å². The van der Waals surface area contributed by atoms with Gasteiger partial charge in [0.05, 0.1) is 19.1 Å². The van der Waals surface area contributed by atoms with Gasteiger partial charge in [-0.15, -0.1) is 11.0 Å². The zero-order valence-corrected chi connectivity index (χ0v) is 21.3. The Balaban J connectivity index is 1.86. The van der Waals surface area contributed by atoms with Crippen LogP contribution in [0.15, 0.2) is 63.9 Å². The summed E-state index contributed by atoms with van der Waals surface area (Å²) in [5, 5.41) is 2.80. The quantitative estimate of drug-likeness (QED) is 0.275. The highest BCUT2D eigenvalue weighted by atomic mass is 32.2. The van der Waals surface area contributed by atoms with E-state index in [2.05, 4.69) is 26.5 Å². The van der Waals surface area contributed by atoms with E-state index in [-0.39, 0.29) is 34.1 Å². The third-order valence-electron chi connectivity index (χ3n) is 5.76. The van der Waals surface area contributed by atoms with Crippen LogP contribution in [0.1, 0.15) is 29.3 Å². The van der Waals surface area contributed by atoms with Crippen molar-refractivity contribution in [2.24, 2.45) is 10.3 Å². The molecule has 2 aliphatic rings. The number of carbonyl (C=O) groups excluding carboxylic acids is 2. The van der Waals surface area contributed by atoms with Gasteiger partial charge in [0, 0.05) is 11.3 Å². The SMILES string of the molecule is C=C(C)CC1(NOC)C(=O)C(C2=NS(=O)(=O)c3cc(NS(C)(=O)=O)ccc3N2)C(=O)c2ccccc21. The second-order valence-corrected chi connectivity index (χ2v) is 12.0. The van der Waals surface area contributed by atoms with Crippen molar-refractivity contribution in [2.75, 3.05) is 23.4 Å². The highest BCUT2D eigenvalue weighted by Crippen LogP contribution is 2.41. The first kappa shape index (κ1) is 25.7. The molecular formula is C23H24N4O7S2. The molecule has 1 heterocycles. The Morgan fingerprint density at radius 3 is 2.56 bits per heavy atom. The molecule has 0 bridgehead atoms. The first-order valence-corrected chi connectivity index (χ1v) is 14.0. The number of nitrogens with one attached hydrogen (secondary N) is 3. The van der Waals surface area contributed by atoms with E-state index in [0.29, 0.717) is 11.1 Å². The monoisotopic (exact) mass is 532 g/mol. The molecule has 2 aromatic rings. The van der Waals surface area contributed by atoms with Crippen LogP contribution in [-0.2, 0) is 35.2 Å². The Hall–Kier alpha value is -3.39. The molecule has 0 saturated heterocycles. The van der Waals surface area contributed by atoms with E-state index in [1.165, 1.54) is 19.2 Å². The van der Waals surface area contributed by atoms with Gasteiger partial charge in [0.1, 0.15) is 22.2 Å². The van der Waals surface area contributed by atoms with Gasteiger partial charge >= 0.3 is 0 Å². The van der Waals surface area contributed by atoms with E-state index in [9.17, 15) is 26.4 Å². The molecule has 11 nitrogen and oxygen atoms in total. The molecule has 0 radical (unpaired) electrons. The first-order valence-electron chi connectivity index (χ1n) is 10.7. The number of amidine groups is 1. The van der Waals surface area contributed by atoms with Gasteiger partial charge in [0.25, 0.3) is 10.0 Å². The van der Waals surface area contributed by atoms with E-state index < -0.39 is 43.1 Å². The number of rotatable bonds is 7. The molecule has 36 heavy (non-hydrogen) atoms. The smallest absolute Gasteiger partial charge is 0.286 e. The van der Waals surface area contributed by atoms with Gasteiger partial charge in [-0.1, -0.05) is 29.8 Å². The normalized spacial score (nSPS) is 22.6. The predicted octanol–water partition coefficient (Wildman–Crippen LogP) is 1.97. The molecule has 1 aliphatic carbocycles. The van der Waals surface area contributed by atoms with E-state index in [0.717, 1.165) is 12.3 Å². The number of hydrogen-bond acceptors (Lipinski definition) is 9. The largest absolute Gasteiger partial charge is 0.341 e. The van der Waals surface area contributed by atoms with Crippen LogP contribution in [0.4, 0.5) is 11.4 Å². The minimum Gasteiger partial charge on any atom is -0.341 e. The van der Waals surface area contributed by atoms with Crippen molar-refractivity contribution >= 4 is 48.8 Å². The van der Waals surface area contributed by atoms with Gasteiger partial charge in [-0.05, 0) is 37.1 Å². The summed E-state index contributed by atoms with van der Waals surface area (Å²) in [6.45, 7) is 5.63. The number of hydrogen-bond donors (Lipinski definition) is 3. The molecule has 0 spiro atoms. The van der Waals surface area contributed by atoms with Crippen LogP contribution in [0, 0.1) is 5.92 Å². The number of carbonyl (C=O) groups is 2. The van der Waals surface area contributed by atoms with Crippen LogP contribution < -0.4 is 15.5 Å². The maximum absolute atomic E-state index is 14.0. The van der Waals surface area contributed by atoms with E-state index in [1.54, 1.807) is 31.2 Å². The van der Waals surface area contributed by atoms with E-state index in [4.69, 9.17) is 4.84 Å². The summed E-state index contributed by atoms with van der Waals surface area (Å²) in [6.07, 6.45) is 1.01. The number of ketones is 2. The van der Waals surface area contributed by atoms with Crippen molar-refractivity contribution in [3.05, 3.63) is 65.7 Å². The van der Waals surface area contributed by atoms with Crippen molar-refractivity contribution in [3.8, 4) is 0 Å². The molecule has 4 rings (SSSR count). The second kappa shape index (κ2) is 8.92. The maximum Gasteiger partial charge on any atom is 0.286 e. The summed E-state index contributed by atoms with van der Waals surface area (Å²) in [6, 6.07) is 10.3. The second-order valence-electron chi connectivity index (χ2n) is 8.71. The van der Waals surface area contributed by atoms with Gasteiger partial charge in [-0.25, -0.2) is 8.42 Å². The third kappa shape index (κ3) is 4.46. The number of sulfonamides is 2. The lowest BCUT2D eigenvalue weighted by Gasteiger charge is -2.40. The molecule has 0 fully saturated rings. The molecule has 0 saturated carbocycles. The summed E-state index contributed by atoms with van der Waals surface area (Å²) in [7, 11) is -6.72. The minimum absolute atomic E-state index is 0.0174. The number of hydroxylamine groups is 1. The summed E-state index contributed by atoms with van der Waals surface area (Å²) >= 11 is 0. The standard InChI is InChI=1S/C23H24N4O7S2/c1-13(2)12-23(27-34-3)16-8-6-5-7-15(16)20(28)19(21(23)29)22-24-17-10-9-14(25-35(4,30)31)11-18(17)36(32,33)26-22/h5-11,19,25,27H,1,12H2,2-4H3,(H,24,26). The molecule has 2 atom stereocenters. The topological polar surface area (TPSA) is 160 Å². The number of benzene rings is 2. The van der Waals surface area contributed by atoms with Gasteiger partial charge in [0.2, 0.25) is 10.0 Å². The number of nitrogens with zero attached hydrogens (tertiary/aromatic N) is 1.